The Bertz CT molecular complexity index is 1440. The molecule has 0 saturated heterocycles. The highest BCUT2D eigenvalue weighted by Gasteiger charge is 2.10. The monoisotopic (exact) mass is 486 g/mol. The van der Waals surface area contributed by atoms with E-state index in [9.17, 15) is 20.3 Å². The van der Waals surface area contributed by atoms with Gasteiger partial charge >= 0.3 is 0 Å². The summed E-state index contributed by atoms with van der Waals surface area (Å²) in [5.74, 6) is 0.0120. The van der Waals surface area contributed by atoms with E-state index in [1.807, 2.05) is 32.0 Å². The molecular formula is C24H22N8O4. The predicted molar refractivity (Wildman–Crippen MR) is 136 cm³/mol. The molecule has 0 fully saturated rings. The molecule has 12 heteroatoms. The Morgan fingerprint density at radius 2 is 1.44 bits per heavy atom. The molecule has 0 atom stereocenters. The van der Waals surface area contributed by atoms with Crippen molar-refractivity contribution >= 4 is 41.1 Å². The van der Waals surface area contributed by atoms with Gasteiger partial charge in [-0.3, -0.25) is 10.1 Å². The smallest absolute Gasteiger partial charge is 0.269 e. The Labute approximate surface area is 205 Å². The summed E-state index contributed by atoms with van der Waals surface area (Å²) in [6, 6.07) is 15.9. The van der Waals surface area contributed by atoms with Crippen molar-refractivity contribution in [1.82, 2.24) is 15.0 Å². The van der Waals surface area contributed by atoms with E-state index in [-0.39, 0.29) is 35.0 Å². The molecule has 0 bridgehead atoms. The molecule has 1 heterocycles. The molecule has 0 saturated carbocycles. The Kier molecular flexibility index (Phi) is 6.86. The van der Waals surface area contributed by atoms with Crippen LogP contribution in [0.1, 0.15) is 16.7 Å². The fourth-order valence-corrected chi connectivity index (χ4v) is 3.07. The van der Waals surface area contributed by atoms with E-state index < -0.39 is 4.92 Å². The highest BCUT2D eigenvalue weighted by atomic mass is 16.6. The number of aryl methyl sites for hydroxylation is 2. The van der Waals surface area contributed by atoms with E-state index in [2.05, 4.69) is 36.1 Å². The number of phenolic OH excluding ortho intramolecular Hbond substituents is 2. The summed E-state index contributed by atoms with van der Waals surface area (Å²) in [5.41, 5.74) is 6.77. The van der Waals surface area contributed by atoms with Crippen LogP contribution in [0.4, 0.5) is 34.9 Å². The normalized spacial score (nSPS) is 10.8. The Morgan fingerprint density at radius 1 is 0.806 bits per heavy atom. The van der Waals surface area contributed by atoms with Crippen LogP contribution in [0.5, 0.6) is 11.5 Å². The van der Waals surface area contributed by atoms with Gasteiger partial charge < -0.3 is 20.8 Å². The number of phenols is 2. The molecule has 0 aliphatic rings. The predicted octanol–water partition coefficient (Wildman–Crippen LogP) is 4.74. The van der Waals surface area contributed by atoms with Crippen LogP contribution < -0.4 is 16.1 Å². The van der Waals surface area contributed by atoms with E-state index in [1.165, 1.54) is 30.5 Å². The maximum Gasteiger partial charge on any atom is 0.269 e. The molecule has 0 radical (unpaired) electrons. The lowest BCUT2D eigenvalue weighted by molar-refractivity contribution is -0.384. The van der Waals surface area contributed by atoms with Crippen molar-refractivity contribution in [3.05, 3.63) is 87.5 Å². The molecule has 4 rings (SSSR count). The molecule has 0 spiro atoms. The van der Waals surface area contributed by atoms with Gasteiger partial charge in [-0.25, -0.2) is 5.43 Å². The molecule has 0 amide bonds. The summed E-state index contributed by atoms with van der Waals surface area (Å²) in [5, 5.41) is 40.2. The Balaban J connectivity index is 1.60. The zero-order chi connectivity index (χ0) is 25.7. The van der Waals surface area contributed by atoms with Crippen molar-refractivity contribution in [1.29, 1.82) is 0 Å². The largest absolute Gasteiger partial charge is 0.504 e. The number of nitrogens with zero attached hydrogens (tertiary/aromatic N) is 5. The zero-order valence-electron chi connectivity index (χ0n) is 19.3. The topological polar surface area (TPSA) is 171 Å². The molecule has 3 aromatic carbocycles. The third kappa shape index (κ3) is 5.99. The number of nitrogens with one attached hydrogen (secondary N) is 3. The van der Waals surface area contributed by atoms with Gasteiger partial charge in [0.1, 0.15) is 0 Å². The van der Waals surface area contributed by atoms with Crippen LogP contribution in [0.15, 0.2) is 65.8 Å². The average molecular weight is 486 g/mol. The lowest BCUT2D eigenvalue weighted by atomic mass is 10.1. The lowest BCUT2D eigenvalue weighted by Crippen LogP contribution is -2.07. The van der Waals surface area contributed by atoms with Gasteiger partial charge in [0.05, 0.1) is 11.1 Å². The SMILES string of the molecule is Cc1ccc(Nc2nc(N/N=C/c3ccc(O)c(O)c3)nc(Nc3ccc([N+](=O)[O-])cc3)n2)cc1C. The number of hydrogen-bond acceptors (Lipinski definition) is 11. The fraction of sp³-hybridized carbons (Fsp3) is 0.0833. The van der Waals surface area contributed by atoms with Crippen molar-refractivity contribution in [3.63, 3.8) is 0 Å². The van der Waals surface area contributed by atoms with E-state index in [4.69, 9.17) is 0 Å². The van der Waals surface area contributed by atoms with Gasteiger partial charge in [-0.2, -0.15) is 20.1 Å². The summed E-state index contributed by atoms with van der Waals surface area (Å²) in [6.07, 6.45) is 1.42. The number of hydrogen-bond donors (Lipinski definition) is 5. The maximum absolute atomic E-state index is 10.9. The van der Waals surface area contributed by atoms with Crippen molar-refractivity contribution in [3.8, 4) is 11.5 Å². The van der Waals surface area contributed by atoms with Crippen molar-refractivity contribution in [2.24, 2.45) is 5.10 Å². The lowest BCUT2D eigenvalue weighted by Gasteiger charge is -2.11. The average Bonchev–Trinajstić information content (AvgIpc) is 2.84. The van der Waals surface area contributed by atoms with Crippen molar-refractivity contribution < 1.29 is 15.1 Å². The van der Waals surface area contributed by atoms with Gasteiger partial charge in [-0.15, -0.1) is 0 Å². The number of anilines is 5. The first-order valence-electron chi connectivity index (χ1n) is 10.7. The number of aromatic nitrogens is 3. The number of benzene rings is 3. The van der Waals surface area contributed by atoms with Gasteiger partial charge in [0.25, 0.3) is 5.69 Å². The molecular weight excluding hydrogens is 464 g/mol. The van der Waals surface area contributed by atoms with Gasteiger partial charge in [0.2, 0.25) is 17.8 Å². The van der Waals surface area contributed by atoms with E-state index in [0.717, 1.165) is 16.8 Å². The van der Waals surface area contributed by atoms with Gasteiger partial charge in [-0.1, -0.05) is 6.07 Å². The second kappa shape index (κ2) is 10.3. The number of rotatable bonds is 8. The standard InChI is InChI=1S/C24H22N8O4/c1-14-3-5-18(11-15(14)2)27-23-28-22(26-17-6-8-19(9-7-17)32(35)36)29-24(30-23)31-25-13-16-4-10-20(33)21(34)12-16/h3-13,33-34H,1-2H3,(H3,26,27,28,29,30,31)/b25-13+. The highest BCUT2D eigenvalue weighted by molar-refractivity contribution is 5.81. The molecule has 5 N–H and O–H groups in total. The number of hydrazone groups is 1. The summed E-state index contributed by atoms with van der Waals surface area (Å²) in [4.78, 5) is 23.5. The molecule has 1 aromatic heterocycles. The fourth-order valence-electron chi connectivity index (χ4n) is 3.07. The Morgan fingerprint density at radius 3 is 2.08 bits per heavy atom. The number of nitro benzene ring substituents is 1. The molecule has 36 heavy (non-hydrogen) atoms. The molecule has 0 aliphatic carbocycles. The molecule has 4 aromatic rings. The van der Waals surface area contributed by atoms with Crippen LogP contribution in [-0.4, -0.2) is 36.3 Å². The van der Waals surface area contributed by atoms with Crippen LogP contribution in [0.3, 0.4) is 0 Å². The van der Waals surface area contributed by atoms with Gasteiger partial charge in [-0.05, 0) is 73.0 Å². The minimum Gasteiger partial charge on any atom is -0.504 e. The first kappa shape index (κ1) is 23.9. The first-order valence-corrected chi connectivity index (χ1v) is 10.7. The van der Waals surface area contributed by atoms with Gasteiger partial charge in [0, 0.05) is 23.5 Å². The van der Waals surface area contributed by atoms with Crippen LogP contribution >= 0.6 is 0 Å². The molecule has 0 aliphatic heterocycles. The van der Waals surface area contributed by atoms with E-state index in [1.54, 1.807) is 18.2 Å². The summed E-state index contributed by atoms with van der Waals surface area (Å²) >= 11 is 0. The number of aromatic hydroxyl groups is 2. The third-order valence-corrected chi connectivity index (χ3v) is 5.11. The Hall–Kier alpha value is -5.26. The number of non-ortho nitro benzene ring substituents is 1. The van der Waals surface area contributed by atoms with Gasteiger partial charge in [0.15, 0.2) is 11.5 Å². The maximum atomic E-state index is 10.9. The first-order chi connectivity index (χ1) is 17.3. The summed E-state index contributed by atoms with van der Waals surface area (Å²) in [7, 11) is 0. The van der Waals surface area contributed by atoms with Crippen LogP contribution in [-0.2, 0) is 0 Å². The van der Waals surface area contributed by atoms with Crippen LogP contribution in [0.25, 0.3) is 0 Å². The van der Waals surface area contributed by atoms with Crippen LogP contribution in [0, 0.1) is 24.0 Å². The molecule has 182 valence electrons. The minimum atomic E-state index is -0.480. The van der Waals surface area contributed by atoms with E-state index >= 15 is 0 Å². The second-order valence-corrected chi connectivity index (χ2v) is 7.78. The third-order valence-electron chi connectivity index (χ3n) is 5.11. The second-order valence-electron chi connectivity index (χ2n) is 7.78. The summed E-state index contributed by atoms with van der Waals surface area (Å²) < 4.78 is 0. The van der Waals surface area contributed by atoms with Crippen molar-refractivity contribution in [2.75, 3.05) is 16.1 Å². The number of nitro groups is 1. The van der Waals surface area contributed by atoms with Crippen molar-refractivity contribution in [2.45, 2.75) is 13.8 Å². The quantitative estimate of drug-likeness (QED) is 0.101. The highest BCUT2D eigenvalue weighted by Crippen LogP contribution is 2.24. The minimum absolute atomic E-state index is 0.0368. The zero-order valence-corrected chi connectivity index (χ0v) is 19.3. The summed E-state index contributed by atoms with van der Waals surface area (Å²) in [6.45, 7) is 4.01. The molecule has 12 nitrogen and oxygen atoms in total. The van der Waals surface area contributed by atoms with Crippen LogP contribution in [0.2, 0.25) is 0 Å². The molecule has 0 unspecified atom stereocenters. The van der Waals surface area contributed by atoms with E-state index in [0.29, 0.717) is 11.3 Å².